The van der Waals surface area contributed by atoms with Gasteiger partial charge >= 0.3 is 5.97 Å². The average Bonchev–Trinajstić information content (AvgIpc) is 2.55. The number of methoxy groups -OCH3 is 2. The molecular formula is C16H24N2O3. The Hall–Kier alpha value is -1.75. The zero-order chi connectivity index (χ0) is 15.3. The number of esters is 1. The van der Waals surface area contributed by atoms with Crippen molar-refractivity contribution < 1.29 is 14.3 Å². The van der Waals surface area contributed by atoms with Crippen molar-refractivity contribution in [2.45, 2.75) is 25.3 Å². The summed E-state index contributed by atoms with van der Waals surface area (Å²) in [7, 11) is 3.09. The SMILES string of the molecule is CCC1CNCCC1(Nc1ccc(OC)cc1)C(=O)OC. The Morgan fingerprint density at radius 3 is 2.67 bits per heavy atom. The molecule has 0 saturated carbocycles. The van der Waals surface area contributed by atoms with Crippen molar-refractivity contribution in [3.05, 3.63) is 24.3 Å². The minimum absolute atomic E-state index is 0.188. The molecular weight excluding hydrogens is 268 g/mol. The highest BCUT2D eigenvalue weighted by atomic mass is 16.5. The Labute approximate surface area is 126 Å². The van der Waals surface area contributed by atoms with E-state index < -0.39 is 5.54 Å². The molecule has 0 aromatic heterocycles. The summed E-state index contributed by atoms with van der Waals surface area (Å²) in [5, 5.41) is 6.78. The third kappa shape index (κ3) is 3.13. The normalized spacial score (nSPS) is 25.2. The fourth-order valence-corrected chi connectivity index (χ4v) is 3.03. The topological polar surface area (TPSA) is 59.6 Å². The number of anilines is 1. The van der Waals surface area contributed by atoms with Crippen LogP contribution in [0.2, 0.25) is 0 Å². The second-order valence-electron chi connectivity index (χ2n) is 5.38. The van der Waals surface area contributed by atoms with Gasteiger partial charge in [-0.15, -0.1) is 0 Å². The largest absolute Gasteiger partial charge is 0.497 e. The maximum absolute atomic E-state index is 12.4. The highest BCUT2D eigenvalue weighted by molar-refractivity contribution is 5.85. The van der Waals surface area contributed by atoms with Crippen molar-refractivity contribution in [2.75, 3.05) is 32.6 Å². The zero-order valence-corrected chi connectivity index (χ0v) is 12.9. The van der Waals surface area contributed by atoms with Gasteiger partial charge < -0.3 is 20.1 Å². The van der Waals surface area contributed by atoms with Gasteiger partial charge in [-0.25, -0.2) is 4.79 Å². The van der Waals surface area contributed by atoms with E-state index in [-0.39, 0.29) is 11.9 Å². The summed E-state index contributed by atoms with van der Waals surface area (Å²) in [5.74, 6) is 0.803. The third-order valence-corrected chi connectivity index (χ3v) is 4.28. The lowest BCUT2D eigenvalue weighted by molar-refractivity contribution is -0.149. The molecule has 1 fully saturated rings. The van der Waals surface area contributed by atoms with Crippen molar-refractivity contribution in [2.24, 2.45) is 5.92 Å². The number of benzene rings is 1. The van der Waals surface area contributed by atoms with Crippen LogP contribution in [0.1, 0.15) is 19.8 Å². The number of ether oxygens (including phenoxy) is 2. The van der Waals surface area contributed by atoms with Crippen molar-refractivity contribution in [3.8, 4) is 5.75 Å². The molecule has 2 unspecified atom stereocenters. The van der Waals surface area contributed by atoms with Crippen LogP contribution in [-0.4, -0.2) is 38.8 Å². The number of piperidine rings is 1. The van der Waals surface area contributed by atoms with Crippen molar-refractivity contribution >= 4 is 11.7 Å². The predicted molar refractivity (Wildman–Crippen MR) is 82.6 cm³/mol. The van der Waals surface area contributed by atoms with E-state index in [0.29, 0.717) is 6.42 Å². The molecule has 5 nitrogen and oxygen atoms in total. The Morgan fingerprint density at radius 2 is 2.10 bits per heavy atom. The molecule has 1 aliphatic heterocycles. The average molecular weight is 292 g/mol. The molecule has 2 N–H and O–H groups in total. The van der Waals surface area contributed by atoms with Crippen LogP contribution in [0.15, 0.2) is 24.3 Å². The molecule has 1 aromatic carbocycles. The van der Waals surface area contributed by atoms with Crippen LogP contribution in [0.3, 0.4) is 0 Å². The van der Waals surface area contributed by atoms with Crippen LogP contribution in [0.4, 0.5) is 5.69 Å². The molecule has 0 radical (unpaired) electrons. The lowest BCUT2D eigenvalue weighted by Gasteiger charge is -2.43. The first-order valence-corrected chi connectivity index (χ1v) is 7.37. The maximum atomic E-state index is 12.4. The van der Waals surface area contributed by atoms with Gasteiger partial charge in [-0.05, 0) is 43.7 Å². The minimum atomic E-state index is -0.663. The summed E-state index contributed by atoms with van der Waals surface area (Å²) in [4.78, 5) is 12.4. The Kier molecular flexibility index (Phi) is 5.07. The quantitative estimate of drug-likeness (QED) is 0.813. The predicted octanol–water partition coefficient (Wildman–Crippen LogP) is 2.04. The molecule has 1 heterocycles. The second-order valence-corrected chi connectivity index (χ2v) is 5.38. The van der Waals surface area contributed by atoms with Gasteiger partial charge in [0.05, 0.1) is 14.2 Å². The van der Waals surface area contributed by atoms with Crippen LogP contribution in [0.25, 0.3) is 0 Å². The standard InChI is InChI=1S/C16H24N2O3/c1-4-12-11-17-10-9-16(12,15(19)21-3)18-13-5-7-14(20-2)8-6-13/h5-8,12,17-18H,4,9-11H2,1-3H3. The van der Waals surface area contributed by atoms with Gasteiger partial charge in [-0.3, -0.25) is 0 Å². The van der Waals surface area contributed by atoms with Crippen molar-refractivity contribution in [1.82, 2.24) is 5.32 Å². The van der Waals surface area contributed by atoms with Crippen LogP contribution < -0.4 is 15.4 Å². The second kappa shape index (κ2) is 6.80. The first kappa shape index (κ1) is 15.6. The molecule has 2 rings (SSSR count). The molecule has 0 amide bonds. The third-order valence-electron chi connectivity index (χ3n) is 4.28. The van der Waals surface area contributed by atoms with E-state index in [2.05, 4.69) is 17.6 Å². The number of rotatable bonds is 5. The molecule has 0 aliphatic carbocycles. The van der Waals surface area contributed by atoms with Gasteiger partial charge in [0.1, 0.15) is 11.3 Å². The molecule has 2 atom stereocenters. The molecule has 1 aromatic rings. The zero-order valence-electron chi connectivity index (χ0n) is 12.9. The van der Waals surface area contributed by atoms with Crippen molar-refractivity contribution in [1.29, 1.82) is 0 Å². The van der Waals surface area contributed by atoms with Crippen molar-refractivity contribution in [3.63, 3.8) is 0 Å². The monoisotopic (exact) mass is 292 g/mol. The summed E-state index contributed by atoms with van der Waals surface area (Å²) < 4.78 is 10.3. The van der Waals surface area contributed by atoms with Gasteiger partial charge in [-0.2, -0.15) is 0 Å². The van der Waals surface area contributed by atoms with Crippen LogP contribution in [0, 0.1) is 5.92 Å². The summed E-state index contributed by atoms with van der Waals surface area (Å²) in [6.45, 7) is 3.72. The molecule has 1 saturated heterocycles. The highest BCUT2D eigenvalue weighted by Crippen LogP contribution is 2.33. The van der Waals surface area contributed by atoms with Crippen LogP contribution >= 0.6 is 0 Å². The van der Waals surface area contributed by atoms with E-state index in [9.17, 15) is 4.79 Å². The fourth-order valence-electron chi connectivity index (χ4n) is 3.03. The van der Waals surface area contributed by atoms with Gasteiger partial charge in [0, 0.05) is 18.2 Å². The summed E-state index contributed by atoms with van der Waals surface area (Å²) in [6, 6.07) is 7.63. The summed E-state index contributed by atoms with van der Waals surface area (Å²) in [6.07, 6.45) is 1.62. The number of carbonyl (C=O) groups excluding carboxylic acids is 1. The Morgan fingerprint density at radius 1 is 1.38 bits per heavy atom. The molecule has 0 bridgehead atoms. The van der Waals surface area contributed by atoms with Crippen LogP contribution in [0.5, 0.6) is 5.75 Å². The van der Waals surface area contributed by atoms with E-state index in [0.717, 1.165) is 30.9 Å². The summed E-state index contributed by atoms with van der Waals surface area (Å²) in [5.41, 5.74) is 0.241. The number of nitrogens with one attached hydrogen (secondary N) is 2. The molecule has 21 heavy (non-hydrogen) atoms. The Bertz CT molecular complexity index is 475. The van der Waals surface area contributed by atoms with E-state index in [1.807, 2.05) is 24.3 Å². The minimum Gasteiger partial charge on any atom is -0.497 e. The maximum Gasteiger partial charge on any atom is 0.331 e. The molecule has 0 spiro atoms. The van der Waals surface area contributed by atoms with E-state index in [4.69, 9.17) is 9.47 Å². The van der Waals surface area contributed by atoms with Gasteiger partial charge in [0.2, 0.25) is 0 Å². The highest BCUT2D eigenvalue weighted by Gasteiger charge is 2.47. The molecule has 116 valence electrons. The van der Waals surface area contributed by atoms with Gasteiger partial charge in [0.15, 0.2) is 0 Å². The molecule has 5 heteroatoms. The smallest absolute Gasteiger partial charge is 0.331 e. The first-order chi connectivity index (χ1) is 10.2. The number of hydrogen-bond acceptors (Lipinski definition) is 5. The number of hydrogen-bond donors (Lipinski definition) is 2. The van der Waals surface area contributed by atoms with E-state index >= 15 is 0 Å². The molecule has 1 aliphatic rings. The first-order valence-electron chi connectivity index (χ1n) is 7.37. The van der Waals surface area contributed by atoms with Gasteiger partial charge in [0.25, 0.3) is 0 Å². The number of carbonyl (C=O) groups is 1. The van der Waals surface area contributed by atoms with Crippen LogP contribution in [-0.2, 0) is 9.53 Å². The fraction of sp³-hybridized carbons (Fsp3) is 0.562. The lowest BCUT2D eigenvalue weighted by atomic mass is 9.76. The van der Waals surface area contributed by atoms with E-state index in [1.54, 1.807) is 7.11 Å². The van der Waals surface area contributed by atoms with Gasteiger partial charge in [-0.1, -0.05) is 6.92 Å². The summed E-state index contributed by atoms with van der Waals surface area (Å²) >= 11 is 0. The Balaban J connectivity index is 2.28. The van der Waals surface area contributed by atoms with E-state index in [1.165, 1.54) is 7.11 Å². The lowest BCUT2D eigenvalue weighted by Crippen LogP contribution is -2.60.